The maximum Gasteiger partial charge on any atom is 0.335 e. The second-order valence-electron chi connectivity index (χ2n) is 7.03. The monoisotopic (exact) mass is 392 g/mol. The number of anilines is 1. The standard InChI is InChI=1S/C24H28N2O3/c1-3-26(4-2)15-18-5-7-22-14-19(6-8-21(22)13-18)16-29-17-25-23-11-9-20(10-12-23)24(27)28/h5-14,25H,3-4,15-17H2,1-2H3,(H,27,28). The number of hydrogen-bond acceptors (Lipinski definition) is 4. The van der Waals surface area contributed by atoms with Gasteiger partial charge in [0.25, 0.3) is 0 Å². The van der Waals surface area contributed by atoms with E-state index in [2.05, 4.69) is 60.5 Å². The van der Waals surface area contributed by atoms with Gasteiger partial charge in [-0.3, -0.25) is 4.90 Å². The van der Waals surface area contributed by atoms with E-state index in [0.717, 1.165) is 30.9 Å². The van der Waals surface area contributed by atoms with Crippen LogP contribution in [0.2, 0.25) is 0 Å². The summed E-state index contributed by atoms with van der Waals surface area (Å²) in [5, 5.41) is 14.5. The summed E-state index contributed by atoms with van der Waals surface area (Å²) in [5.74, 6) is -0.927. The molecule has 0 heterocycles. The van der Waals surface area contributed by atoms with Gasteiger partial charge in [-0.2, -0.15) is 0 Å². The van der Waals surface area contributed by atoms with E-state index >= 15 is 0 Å². The number of nitrogens with one attached hydrogen (secondary N) is 1. The van der Waals surface area contributed by atoms with Gasteiger partial charge in [-0.05, 0) is 71.4 Å². The minimum atomic E-state index is -0.927. The molecule has 0 aliphatic carbocycles. The zero-order valence-electron chi connectivity index (χ0n) is 17.0. The highest BCUT2D eigenvalue weighted by Crippen LogP contribution is 2.20. The number of ether oxygens (including phenoxy) is 1. The Morgan fingerprint density at radius 3 is 2.17 bits per heavy atom. The van der Waals surface area contributed by atoms with Gasteiger partial charge < -0.3 is 15.2 Å². The van der Waals surface area contributed by atoms with Crippen molar-refractivity contribution in [2.75, 3.05) is 25.1 Å². The average molecular weight is 392 g/mol. The molecule has 0 aliphatic heterocycles. The Labute approximate surface area is 171 Å². The predicted octanol–water partition coefficient (Wildman–Crippen LogP) is 4.97. The van der Waals surface area contributed by atoms with Gasteiger partial charge in [-0.15, -0.1) is 0 Å². The molecule has 0 amide bonds. The number of benzene rings is 3. The van der Waals surface area contributed by atoms with Crippen LogP contribution >= 0.6 is 0 Å². The first-order chi connectivity index (χ1) is 14.1. The quantitative estimate of drug-likeness (QED) is 0.377. The Balaban J connectivity index is 1.53. The van der Waals surface area contributed by atoms with E-state index < -0.39 is 5.97 Å². The van der Waals surface area contributed by atoms with E-state index in [1.54, 1.807) is 24.3 Å². The van der Waals surface area contributed by atoms with Crippen molar-refractivity contribution >= 4 is 22.4 Å². The van der Waals surface area contributed by atoms with Crippen LogP contribution in [0.15, 0.2) is 60.7 Å². The summed E-state index contributed by atoms with van der Waals surface area (Å²) in [6, 6.07) is 19.7. The van der Waals surface area contributed by atoms with Crippen molar-refractivity contribution < 1.29 is 14.6 Å². The predicted molar refractivity (Wildman–Crippen MR) is 117 cm³/mol. The lowest BCUT2D eigenvalue weighted by Gasteiger charge is -2.18. The molecule has 3 aromatic rings. The molecule has 2 N–H and O–H groups in total. The molecule has 0 saturated carbocycles. The molecule has 0 bridgehead atoms. The van der Waals surface area contributed by atoms with Crippen molar-refractivity contribution in [2.24, 2.45) is 0 Å². The lowest BCUT2D eigenvalue weighted by Crippen LogP contribution is -2.21. The molecular formula is C24H28N2O3. The highest BCUT2D eigenvalue weighted by Gasteiger charge is 2.04. The van der Waals surface area contributed by atoms with E-state index in [9.17, 15) is 4.79 Å². The average Bonchev–Trinajstić information content (AvgIpc) is 2.75. The Morgan fingerprint density at radius 2 is 1.55 bits per heavy atom. The van der Waals surface area contributed by atoms with Gasteiger partial charge in [0.1, 0.15) is 6.73 Å². The van der Waals surface area contributed by atoms with Crippen LogP contribution in [0.25, 0.3) is 10.8 Å². The van der Waals surface area contributed by atoms with Crippen molar-refractivity contribution in [3.05, 3.63) is 77.4 Å². The molecular weight excluding hydrogens is 364 g/mol. The van der Waals surface area contributed by atoms with Crippen LogP contribution < -0.4 is 5.32 Å². The number of aromatic carboxylic acids is 1. The molecule has 0 saturated heterocycles. The molecule has 5 nitrogen and oxygen atoms in total. The van der Waals surface area contributed by atoms with Crippen molar-refractivity contribution in [1.29, 1.82) is 0 Å². The molecule has 3 rings (SSSR count). The molecule has 0 radical (unpaired) electrons. The number of carboxylic acid groups (broad SMARTS) is 1. The number of carbonyl (C=O) groups is 1. The summed E-state index contributed by atoms with van der Waals surface area (Å²) in [7, 11) is 0. The molecule has 152 valence electrons. The lowest BCUT2D eigenvalue weighted by molar-refractivity contribution is 0.0697. The zero-order chi connectivity index (χ0) is 20.6. The minimum absolute atomic E-state index is 0.271. The van der Waals surface area contributed by atoms with Crippen LogP contribution in [0, 0.1) is 0 Å². The first-order valence-corrected chi connectivity index (χ1v) is 9.98. The van der Waals surface area contributed by atoms with Crippen molar-refractivity contribution in [2.45, 2.75) is 27.0 Å². The molecule has 0 aromatic heterocycles. The number of hydrogen-bond donors (Lipinski definition) is 2. The molecule has 0 fully saturated rings. The van der Waals surface area contributed by atoms with Gasteiger partial charge in [-0.1, -0.05) is 38.1 Å². The molecule has 0 unspecified atom stereocenters. The maximum atomic E-state index is 10.9. The number of nitrogens with zero attached hydrogens (tertiary/aromatic N) is 1. The largest absolute Gasteiger partial charge is 0.478 e. The Hall–Kier alpha value is -2.89. The fourth-order valence-corrected chi connectivity index (χ4v) is 3.27. The topological polar surface area (TPSA) is 61.8 Å². The third-order valence-electron chi connectivity index (χ3n) is 5.05. The Kier molecular flexibility index (Phi) is 7.22. The van der Waals surface area contributed by atoms with Gasteiger partial charge in [0.05, 0.1) is 12.2 Å². The maximum absolute atomic E-state index is 10.9. The summed E-state index contributed by atoms with van der Waals surface area (Å²) in [5.41, 5.74) is 3.56. The van der Waals surface area contributed by atoms with Crippen LogP contribution in [0.1, 0.15) is 35.3 Å². The third kappa shape index (κ3) is 5.79. The normalized spacial score (nSPS) is 11.1. The minimum Gasteiger partial charge on any atom is -0.478 e. The number of carboxylic acids is 1. The molecule has 0 spiro atoms. The van der Waals surface area contributed by atoms with E-state index in [1.807, 2.05) is 0 Å². The molecule has 5 heteroatoms. The van der Waals surface area contributed by atoms with Gasteiger partial charge in [0, 0.05) is 12.2 Å². The van der Waals surface area contributed by atoms with Crippen LogP contribution in [-0.2, 0) is 17.9 Å². The third-order valence-corrected chi connectivity index (χ3v) is 5.05. The Morgan fingerprint density at radius 1 is 0.931 bits per heavy atom. The van der Waals surface area contributed by atoms with E-state index in [0.29, 0.717) is 13.3 Å². The molecule has 3 aromatic carbocycles. The van der Waals surface area contributed by atoms with Crippen LogP contribution in [0.4, 0.5) is 5.69 Å². The molecule has 0 aliphatic rings. The SMILES string of the molecule is CCN(CC)Cc1ccc2cc(COCNc3ccc(C(=O)O)cc3)ccc2c1. The number of fused-ring (bicyclic) bond motifs is 1. The van der Waals surface area contributed by atoms with Crippen LogP contribution in [0.3, 0.4) is 0 Å². The van der Waals surface area contributed by atoms with Crippen molar-refractivity contribution in [1.82, 2.24) is 4.90 Å². The van der Waals surface area contributed by atoms with Gasteiger partial charge in [0.15, 0.2) is 0 Å². The van der Waals surface area contributed by atoms with Crippen LogP contribution in [0.5, 0.6) is 0 Å². The fraction of sp³-hybridized carbons (Fsp3) is 0.292. The first kappa shape index (κ1) is 20.8. The fourth-order valence-electron chi connectivity index (χ4n) is 3.27. The van der Waals surface area contributed by atoms with E-state index in [1.165, 1.54) is 16.3 Å². The Bertz CT molecular complexity index is 950. The summed E-state index contributed by atoms with van der Waals surface area (Å²) in [6.45, 7) is 8.34. The number of rotatable bonds is 10. The summed E-state index contributed by atoms with van der Waals surface area (Å²) in [6.07, 6.45) is 0. The van der Waals surface area contributed by atoms with E-state index in [-0.39, 0.29) is 5.56 Å². The van der Waals surface area contributed by atoms with Crippen molar-refractivity contribution in [3.8, 4) is 0 Å². The summed E-state index contributed by atoms with van der Waals surface area (Å²) < 4.78 is 5.72. The lowest BCUT2D eigenvalue weighted by atomic mass is 10.0. The molecule has 0 atom stereocenters. The highest BCUT2D eigenvalue weighted by atomic mass is 16.5. The summed E-state index contributed by atoms with van der Waals surface area (Å²) in [4.78, 5) is 13.3. The van der Waals surface area contributed by atoms with Gasteiger partial charge in [-0.25, -0.2) is 4.79 Å². The first-order valence-electron chi connectivity index (χ1n) is 9.98. The van der Waals surface area contributed by atoms with Gasteiger partial charge in [0.2, 0.25) is 0 Å². The second kappa shape index (κ2) is 10.0. The van der Waals surface area contributed by atoms with E-state index in [4.69, 9.17) is 9.84 Å². The highest BCUT2D eigenvalue weighted by molar-refractivity contribution is 5.88. The second-order valence-corrected chi connectivity index (χ2v) is 7.03. The zero-order valence-corrected chi connectivity index (χ0v) is 17.0. The summed E-state index contributed by atoms with van der Waals surface area (Å²) >= 11 is 0. The van der Waals surface area contributed by atoms with Crippen molar-refractivity contribution in [3.63, 3.8) is 0 Å². The molecule has 29 heavy (non-hydrogen) atoms. The van der Waals surface area contributed by atoms with Crippen LogP contribution in [-0.4, -0.2) is 35.8 Å². The smallest absolute Gasteiger partial charge is 0.335 e. The van der Waals surface area contributed by atoms with Gasteiger partial charge >= 0.3 is 5.97 Å².